The van der Waals surface area contributed by atoms with Crippen LogP contribution in [0.25, 0.3) is 0 Å². The third-order valence-electron chi connectivity index (χ3n) is 6.82. The predicted molar refractivity (Wildman–Crippen MR) is 125 cm³/mol. The highest BCUT2D eigenvalue weighted by Crippen LogP contribution is 2.29. The number of aryl methyl sites for hydroxylation is 1. The number of sulfone groups is 1. The maximum atomic E-state index is 12.4. The summed E-state index contributed by atoms with van der Waals surface area (Å²) in [6, 6.07) is 5.14. The minimum atomic E-state index is -3.23. The summed E-state index contributed by atoms with van der Waals surface area (Å²) in [5.74, 6) is -0.0752. The zero-order valence-corrected chi connectivity index (χ0v) is 19.6. The van der Waals surface area contributed by atoms with Gasteiger partial charge in [-0.2, -0.15) is 0 Å². The molecule has 3 aliphatic heterocycles. The summed E-state index contributed by atoms with van der Waals surface area (Å²) in [7, 11) is -1.09. The van der Waals surface area contributed by atoms with Crippen LogP contribution < -0.4 is 20.9 Å². The fraction of sp³-hybridized carbons (Fsp3) is 0.636. The standard InChI is InChI=1S/C22H33N5O4S/c1-15-13-16(27-11-9-26(2)10-12-27)7-8-17(15)23-20(28)6-4-3-5-19-21-18(14-32(19,30)31)24-22(29)25-21/h7-8,13,18-19,21H,3-6,9-12,14H2,1-2H3,(H,23,28)(H2,24,25,29). The Morgan fingerprint density at radius 1 is 1.16 bits per heavy atom. The number of hydrogen-bond donors (Lipinski definition) is 3. The van der Waals surface area contributed by atoms with Crippen molar-refractivity contribution in [2.45, 2.75) is 49.9 Å². The molecule has 1 aromatic carbocycles. The second-order valence-electron chi connectivity index (χ2n) is 9.20. The molecule has 3 heterocycles. The molecular weight excluding hydrogens is 430 g/mol. The maximum Gasteiger partial charge on any atom is 0.315 e. The molecule has 4 rings (SSSR count). The number of amides is 3. The van der Waals surface area contributed by atoms with E-state index in [0.717, 1.165) is 37.4 Å². The van der Waals surface area contributed by atoms with Crippen LogP contribution in [0.15, 0.2) is 18.2 Å². The largest absolute Gasteiger partial charge is 0.369 e. The molecule has 0 spiro atoms. The van der Waals surface area contributed by atoms with Gasteiger partial charge in [0.05, 0.1) is 23.1 Å². The lowest BCUT2D eigenvalue weighted by molar-refractivity contribution is -0.116. The summed E-state index contributed by atoms with van der Waals surface area (Å²) in [5, 5.41) is 7.81. The molecule has 3 aliphatic rings. The molecule has 176 valence electrons. The van der Waals surface area contributed by atoms with Gasteiger partial charge < -0.3 is 25.8 Å². The number of nitrogens with zero attached hydrogens (tertiary/aromatic N) is 2. The van der Waals surface area contributed by atoms with Crippen LogP contribution in [0, 0.1) is 6.92 Å². The van der Waals surface area contributed by atoms with E-state index in [-0.39, 0.29) is 29.8 Å². The van der Waals surface area contributed by atoms with Gasteiger partial charge in [-0.3, -0.25) is 4.79 Å². The summed E-state index contributed by atoms with van der Waals surface area (Å²) < 4.78 is 24.7. The first kappa shape index (κ1) is 22.8. The van der Waals surface area contributed by atoms with Gasteiger partial charge >= 0.3 is 6.03 Å². The maximum absolute atomic E-state index is 12.4. The topological polar surface area (TPSA) is 111 Å². The summed E-state index contributed by atoms with van der Waals surface area (Å²) >= 11 is 0. The van der Waals surface area contributed by atoms with Crippen LogP contribution in [0.2, 0.25) is 0 Å². The number of piperazine rings is 1. The van der Waals surface area contributed by atoms with E-state index in [0.29, 0.717) is 25.7 Å². The molecule has 3 saturated heterocycles. The molecule has 1 aromatic rings. The highest BCUT2D eigenvalue weighted by Gasteiger charge is 2.51. The van der Waals surface area contributed by atoms with Crippen LogP contribution in [-0.4, -0.2) is 81.6 Å². The molecule has 0 radical (unpaired) electrons. The average molecular weight is 464 g/mol. The molecule has 9 nitrogen and oxygen atoms in total. The van der Waals surface area contributed by atoms with Crippen LogP contribution in [0.3, 0.4) is 0 Å². The van der Waals surface area contributed by atoms with E-state index in [9.17, 15) is 18.0 Å². The van der Waals surface area contributed by atoms with Crippen LogP contribution in [-0.2, 0) is 14.6 Å². The lowest BCUT2D eigenvalue weighted by Crippen LogP contribution is -2.44. The number of fused-ring (bicyclic) bond motifs is 1. The van der Waals surface area contributed by atoms with Crippen LogP contribution in [0.4, 0.5) is 16.2 Å². The summed E-state index contributed by atoms with van der Waals surface area (Å²) in [6.45, 7) is 6.09. The van der Waals surface area contributed by atoms with Gasteiger partial charge in [0.25, 0.3) is 0 Å². The fourth-order valence-electron chi connectivity index (χ4n) is 4.90. The van der Waals surface area contributed by atoms with Crippen molar-refractivity contribution in [2.75, 3.05) is 49.2 Å². The Balaban J connectivity index is 1.23. The Bertz CT molecular complexity index is 975. The average Bonchev–Trinajstić information content (AvgIpc) is 3.18. The van der Waals surface area contributed by atoms with E-state index in [1.165, 1.54) is 5.69 Å². The first-order chi connectivity index (χ1) is 15.2. The highest BCUT2D eigenvalue weighted by atomic mass is 32.2. The number of anilines is 2. The van der Waals surface area contributed by atoms with E-state index in [1.54, 1.807) is 0 Å². The number of unbranched alkanes of at least 4 members (excludes halogenated alkanes) is 1. The van der Waals surface area contributed by atoms with Gasteiger partial charge in [-0.05, 0) is 50.6 Å². The van der Waals surface area contributed by atoms with Crippen molar-refractivity contribution >= 4 is 33.2 Å². The highest BCUT2D eigenvalue weighted by molar-refractivity contribution is 7.92. The van der Waals surface area contributed by atoms with E-state index in [4.69, 9.17) is 0 Å². The first-order valence-electron chi connectivity index (χ1n) is 11.4. The fourth-order valence-corrected chi connectivity index (χ4v) is 7.17. The van der Waals surface area contributed by atoms with E-state index < -0.39 is 15.1 Å². The predicted octanol–water partition coefficient (Wildman–Crippen LogP) is 1.09. The monoisotopic (exact) mass is 463 g/mol. The van der Waals surface area contributed by atoms with E-state index in [1.807, 2.05) is 13.0 Å². The molecule has 0 saturated carbocycles. The molecule has 0 aliphatic carbocycles. The van der Waals surface area contributed by atoms with Gasteiger partial charge in [-0.1, -0.05) is 6.42 Å². The van der Waals surface area contributed by atoms with Crippen molar-refractivity contribution in [3.05, 3.63) is 23.8 Å². The zero-order chi connectivity index (χ0) is 22.9. The quantitative estimate of drug-likeness (QED) is 0.412. The van der Waals surface area contributed by atoms with Crippen molar-refractivity contribution in [1.82, 2.24) is 15.5 Å². The number of hydrogen-bond acceptors (Lipinski definition) is 6. The number of likely N-dealkylation sites (N-methyl/N-ethyl adjacent to an activating group) is 1. The second kappa shape index (κ2) is 9.27. The third kappa shape index (κ3) is 5.01. The minimum absolute atomic E-state index is 0.00897. The molecule has 3 amide bonds. The number of carbonyl (C=O) groups excluding carboxylic acids is 2. The Morgan fingerprint density at radius 2 is 1.91 bits per heavy atom. The molecule has 10 heteroatoms. The third-order valence-corrected chi connectivity index (χ3v) is 9.09. The number of rotatable bonds is 7. The number of carbonyl (C=O) groups is 2. The van der Waals surface area contributed by atoms with Crippen molar-refractivity contribution in [3.8, 4) is 0 Å². The van der Waals surface area contributed by atoms with Gasteiger partial charge in [0.15, 0.2) is 9.84 Å². The Labute approximate surface area is 189 Å². The van der Waals surface area contributed by atoms with Crippen molar-refractivity contribution in [3.63, 3.8) is 0 Å². The number of urea groups is 1. The summed E-state index contributed by atoms with van der Waals surface area (Å²) in [6.07, 6.45) is 2.02. The SMILES string of the molecule is Cc1cc(N2CCN(C)CC2)ccc1NC(=O)CCCCC1C2NC(=O)NC2CS1(=O)=O. The number of benzene rings is 1. The lowest BCUT2D eigenvalue weighted by atomic mass is 10.0. The van der Waals surface area contributed by atoms with Crippen molar-refractivity contribution in [1.29, 1.82) is 0 Å². The van der Waals surface area contributed by atoms with Gasteiger partial charge in [0.1, 0.15) is 0 Å². The molecule has 0 aromatic heterocycles. The Kier molecular flexibility index (Phi) is 6.62. The van der Waals surface area contributed by atoms with Gasteiger partial charge in [0, 0.05) is 44.0 Å². The molecule has 3 unspecified atom stereocenters. The molecule has 32 heavy (non-hydrogen) atoms. The molecule has 0 bridgehead atoms. The van der Waals surface area contributed by atoms with Gasteiger partial charge in [-0.15, -0.1) is 0 Å². The van der Waals surface area contributed by atoms with Gasteiger partial charge in [-0.25, -0.2) is 13.2 Å². The lowest BCUT2D eigenvalue weighted by Gasteiger charge is -2.34. The van der Waals surface area contributed by atoms with Crippen molar-refractivity contribution < 1.29 is 18.0 Å². The molecule has 3 fully saturated rings. The first-order valence-corrected chi connectivity index (χ1v) is 13.1. The summed E-state index contributed by atoms with van der Waals surface area (Å²) in [5.41, 5.74) is 3.02. The van der Waals surface area contributed by atoms with E-state index in [2.05, 4.69) is 44.9 Å². The Hall–Kier alpha value is -2.33. The van der Waals surface area contributed by atoms with E-state index >= 15 is 0 Å². The zero-order valence-electron chi connectivity index (χ0n) is 18.8. The van der Waals surface area contributed by atoms with Crippen LogP contribution in [0.5, 0.6) is 0 Å². The smallest absolute Gasteiger partial charge is 0.315 e. The van der Waals surface area contributed by atoms with Gasteiger partial charge in [0.2, 0.25) is 5.91 Å². The molecular formula is C22H33N5O4S. The van der Waals surface area contributed by atoms with Crippen molar-refractivity contribution in [2.24, 2.45) is 0 Å². The normalized spacial score (nSPS) is 27.0. The Morgan fingerprint density at radius 3 is 2.62 bits per heavy atom. The minimum Gasteiger partial charge on any atom is -0.369 e. The molecule has 3 N–H and O–H groups in total. The van der Waals surface area contributed by atoms with Crippen LogP contribution >= 0.6 is 0 Å². The molecule has 3 atom stereocenters. The number of nitrogens with one attached hydrogen (secondary N) is 3. The summed E-state index contributed by atoms with van der Waals surface area (Å²) in [4.78, 5) is 28.6. The van der Waals surface area contributed by atoms with Crippen LogP contribution in [0.1, 0.15) is 31.2 Å². The second-order valence-corrected chi connectivity index (χ2v) is 11.5.